The molecule has 1 aliphatic heterocycles. The average Bonchev–Trinajstić information content (AvgIpc) is 3.10. The second-order valence-electron chi connectivity index (χ2n) is 7.30. The number of benzene rings is 2. The summed E-state index contributed by atoms with van der Waals surface area (Å²) in [6.07, 6.45) is 1.48. The van der Waals surface area contributed by atoms with Crippen molar-refractivity contribution >= 4 is 52.5 Å². The summed E-state index contributed by atoms with van der Waals surface area (Å²) in [4.78, 5) is 49.1. The molecule has 1 aliphatic rings. The summed E-state index contributed by atoms with van der Waals surface area (Å²) in [5, 5.41) is 8.63. The van der Waals surface area contributed by atoms with Gasteiger partial charge in [0.2, 0.25) is 0 Å². The van der Waals surface area contributed by atoms with Gasteiger partial charge in [0.15, 0.2) is 11.5 Å². The molecule has 35 heavy (non-hydrogen) atoms. The molecular formula is C24H22ClNO8S. The number of amides is 2. The molecule has 0 saturated carbocycles. The minimum Gasteiger partial charge on any atom is -0.493 e. The molecule has 2 aromatic carbocycles. The standard InChI is InChI=1S/C24H22ClNO8S/c1-4-33-23(30)13(2)26-21(27)19(35-24(26)31)11-15-9-17(25)20(18(10-15)32-3)34-12-14-5-7-16(8-6-14)22(28)29/h5-11,13H,4,12H2,1-3H3,(H,28,29)/b19-11+/t13-/m1/s1. The summed E-state index contributed by atoms with van der Waals surface area (Å²) >= 11 is 7.12. The van der Waals surface area contributed by atoms with Gasteiger partial charge in [-0.3, -0.25) is 14.5 Å². The van der Waals surface area contributed by atoms with Crippen LogP contribution in [0.1, 0.15) is 35.3 Å². The van der Waals surface area contributed by atoms with Crippen molar-refractivity contribution in [1.82, 2.24) is 4.90 Å². The lowest BCUT2D eigenvalue weighted by molar-refractivity contribution is -0.150. The van der Waals surface area contributed by atoms with Gasteiger partial charge >= 0.3 is 11.9 Å². The van der Waals surface area contributed by atoms with E-state index in [2.05, 4.69) is 0 Å². The van der Waals surface area contributed by atoms with Gasteiger partial charge in [0, 0.05) is 0 Å². The molecule has 0 spiro atoms. The summed E-state index contributed by atoms with van der Waals surface area (Å²) in [5.74, 6) is -1.74. The van der Waals surface area contributed by atoms with Gasteiger partial charge in [-0.2, -0.15) is 0 Å². The van der Waals surface area contributed by atoms with Crippen molar-refractivity contribution in [2.24, 2.45) is 0 Å². The van der Waals surface area contributed by atoms with E-state index in [1.807, 2.05) is 0 Å². The summed E-state index contributed by atoms with van der Waals surface area (Å²) in [6, 6.07) is 8.30. The molecule has 0 unspecified atom stereocenters. The lowest BCUT2D eigenvalue weighted by atomic mass is 10.1. The van der Waals surface area contributed by atoms with Gasteiger partial charge in [-0.05, 0) is 67.1 Å². The number of nitrogens with zero attached hydrogens (tertiary/aromatic N) is 1. The monoisotopic (exact) mass is 519 g/mol. The molecule has 11 heteroatoms. The quantitative estimate of drug-likeness (QED) is 0.374. The third-order valence-electron chi connectivity index (χ3n) is 4.97. The summed E-state index contributed by atoms with van der Waals surface area (Å²) in [7, 11) is 1.43. The lowest BCUT2D eigenvalue weighted by Gasteiger charge is -2.19. The number of carboxylic acids is 1. The zero-order valence-electron chi connectivity index (χ0n) is 19.1. The molecule has 0 aliphatic carbocycles. The molecule has 0 radical (unpaired) electrons. The van der Waals surface area contributed by atoms with Crippen molar-refractivity contribution in [2.45, 2.75) is 26.5 Å². The Hall–Kier alpha value is -3.50. The number of carboxylic acid groups (broad SMARTS) is 1. The Morgan fingerprint density at radius 2 is 1.89 bits per heavy atom. The Bertz CT molecular complexity index is 1190. The van der Waals surface area contributed by atoms with Crippen LogP contribution < -0.4 is 9.47 Å². The van der Waals surface area contributed by atoms with Gasteiger partial charge in [0.1, 0.15) is 12.6 Å². The molecule has 9 nitrogen and oxygen atoms in total. The van der Waals surface area contributed by atoms with Gasteiger partial charge in [0.25, 0.3) is 11.1 Å². The highest BCUT2D eigenvalue weighted by Gasteiger charge is 2.41. The van der Waals surface area contributed by atoms with Crippen LogP contribution in [0.4, 0.5) is 4.79 Å². The van der Waals surface area contributed by atoms with Crippen molar-refractivity contribution in [1.29, 1.82) is 0 Å². The van der Waals surface area contributed by atoms with Crippen molar-refractivity contribution in [2.75, 3.05) is 13.7 Å². The normalized spacial score (nSPS) is 15.3. The van der Waals surface area contributed by atoms with Crippen LogP contribution in [0, 0.1) is 0 Å². The zero-order valence-corrected chi connectivity index (χ0v) is 20.6. The van der Waals surface area contributed by atoms with E-state index in [1.165, 1.54) is 32.2 Å². The van der Waals surface area contributed by atoms with Crippen LogP contribution in [-0.4, -0.2) is 52.8 Å². The van der Waals surface area contributed by atoms with Crippen LogP contribution in [0.2, 0.25) is 5.02 Å². The van der Waals surface area contributed by atoms with Gasteiger partial charge in [0.05, 0.1) is 29.2 Å². The van der Waals surface area contributed by atoms with E-state index in [0.717, 1.165) is 10.5 Å². The second-order valence-corrected chi connectivity index (χ2v) is 8.70. The Morgan fingerprint density at radius 3 is 2.49 bits per heavy atom. The first-order valence-electron chi connectivity index (χ1n) is 10.4. The zero-order chi connectivity index (χ0) is 25.7. The molecule has 184 valence electrons. The van der Waals surface area contributed by atoms with Gasteiger partial charge in [-0.1, -0.05) is 23.7 Å². The van der Waals surface area contributed by atoms with Crippen molar-refractivity contribution in [3.05, 3.63) is 63.0 Å². The van der Waals surface area contributed by atoms with Crippen LogP contribution >= 0.6 is 23.4 Å². The average molecular weight is 520 g/mol. The predicted octanol–water partition coefficient (Wildman–Crippen LogP) is 4.61. The molecule has 1 fully saturated rings. The molecule has 0 aromatic heterocycles. The van der Waals surface area contributed by atoms with E-state index in [0.29, 0.717) is 23.1 Å². The van der Waals surface area contributed by atoms with Crippen LogP contribution in [0.15, 0.2) is 41.3 Å². The smallest absolute Gasteiger partial charge is 0.335 e. The minimum atomic E-state index is -1.05. The summed E-state index contributed by atoms with van der Waals surface area (Å²) in [5.41, 5.74) is 1.37. The van der Waals surface area contributed by atoms with Gasteiger partial charge < -0.3 is 19.3 Å². The third-order valence-corrected chi connectivity index (χ3v) is 6.14. The van der Waals surface area contributed by atoms with E-state index in [1.54, 1.807) is 31.2 Å². The Kier molecular flexibility index (Phi) is 8.42. The molecule has 1 heterocycles. The third kappa shape index (κ3) is 5.95. The Balaban J connectivity index is 1.79. The van der Waals surface area contributed by atoms with Gasteiger partial charge in [-0.15, -0.1) is 0 Å². The van der Waals surface area contributed by atoms with Crippen molar-refractivity contribution in [3.63, 3.8) is 0 Å². The molecule has 2 aromatic rings. The van der Waals surface area contributed by atoms with Crippen LogP contribution in [0.5, 0.6) is 11.5 Å². The van der Waals surface area contributed by atoms with E-state index >= 15 is 0 Å². The summed E-state index contributed by atoms with van der Waals surface area (Å²) in [6.45, 7) is 3.31. The number of carbonyl (C=O) groups excluding carboxylic acids is 3. The molecule has 2 amide bonds. The number of ether oxygens (including phenoxy) is 3. The topological polar surface area (TPSA) is 119 Å². The highest BCUT2D eigenvalue weighted by Crippen LogP contribution is 2.39. The molecule has 3 rings (SSSR count). The largest absolute Gasteiger partial charge is 0.493 e. The van der Waals surface area contributed by atoms with E-state index < -0.39 is 29.1 Å². The number of aromatic carboxylic acids is 1. The lowest BCUT2D eigenvalue weighted by Crippen LogP contribution is -2.42. The molecule has 1 saturated heterocycles. The van der Waals surface area contributed by atoms with E-state index in [9.17, 15) is 19.2 Å². The maximum Gasteiger partial charge on any atom is 0.335 e. The van der Waals surface area contributed by atoms with Crippen molar-refractivity contribution in [3.8, 4) is 11.5 Å². The van der Waals surface area contributed by atoms with Crippen LogP contribution in [0.3, 0.4) is 0 Å². The Morgan fingerprint density at radius 1 is 1.20 bits per heavy atom. The number of thioether (sulfide) groups is 1. The van der Waals surface area contributed by atoms with Crippen LogP contribution in [0.25, 0.3) is 6.08 Å². The number of imide groups is 1. The summed E-state index contributed by atoms with van der Waals surface area (Å²) < 4.78 is 16.1. The fourth-order valence-electron chi connectivity index (χ4n) is 3.20. The predicted molar refractivity (Wildman–Crippen MR) is 130 cm³/mol. The number of rotatable bonds is 9. The van der Waals surface area contributed by atoms with E-state index in [4.69, 9.17) is 30.9 Å². The molecular weight excluding hydrogens is 498 g/mol. The minimum absolute atomic E-state index is 0.111. The molecule has 1 N–H and O–H groups in total. The van der Waals surface area contributed by atoms with Crippen molar-refractivity contribution < 1.29 is 38.5 Å². The maximum absolute atomic E-state index is 12.8. The second kappa shape index (κ2) is 11.3. The number of methoxy groups -OCH3 is 1. The number of carbonyl (C=O) groups is 4. The number of hydrogen-bond acceptors (Lipinski definition) is 8. The Labute approximate surface area is 210 Å². The molecule has 0 bridgehead atoms. The molecule has 1 atom stereocenters. The maximum atomic E-state index is 12.8. The fourth-order valence-corrected chi connectivity index (χ4v) is 4.38. The van der Waals surface area contributed by atoms with Crippen LogP contribution in [-0.2, 0) is 20.9 Å². The first-order valence-corrected chi connectivity index (χ1v) is 11.6. The van der Waals surface area contributed by atoms with Gasteiger partial charge in [-0.25, -0.2) is 9.59 Å². The highest BCUT2D eigenvalue weighted by molar-refractivity contribution is 8.18. The van der Waals surface area contributed by atoms with E-state index in [-0.39, 0.29) is 34.5 Å². The first kappa shape index (κ1) is 26.1. The SMILES string of the molecule is CCOC(=O)[C@@H](C)N1C(=O)S/C(=C/c2cc(Cl)c(OCc3ccc(C(=O)O)cc3)c(OC)c2)C1=O. The number of esters is 1. The fraction of sp³-hybridized carbons (Fsp3) is 0.250. The number of halogens is 1. The number of hydrogen-bond donors (Lipinski definition) is 1. The highest BCUT2D eigenvalue weighted by atomic mass is 35.5. The first-order chi connectivity index (χ1) is 16.7.